The van der Waals surface area contributed by atoms with E-state index in [4.69, 9.17) is 5.26 Å². The molecule has 3 heteroatoms. The second-order valence-corrected chi connectivity index (χ2v) is 8.12. The van der Waals surface area contributed by atoms with E-state index >= 15 is 0 Å². The third kappa shape index (κ3) is 3.91. The van der Waals surface area contributed by atoms with Gasteiger partial charge in [0.2, 0.25) is 0 Å². The van der Waals surface area contributed by atoms with Crippen LogP contribution < -0.4 is 10.6 Å². The number of benzene rings is 3. The molecule has 2 aliphatic rings. The fraction of sp³-hybridized carbons (Fsp3) is 0.321. The SMILES string of the molecule is CC.CCNc1ccc(-c2ccc(-c3ccc(NC#N)cc3)c3c2C2CCC3C2)cc1. The van der Waals surface area contributed by atoms with Crippen molar-refractivity contribution in [3.8, 4) is 28.4 Å². The molecule has 0 aromatic heterocycles. The molecule has 3 aromatic rings. The minimum atomic E-state index is 0.683. The van der Waals surface area contributed by atoms with E-state index in [0.29, 0.717) is 11.8 Å². The largest absolute Gasteiger partial charge is 0.385 e. The van der Waals surface area contributed by atoms with Crippen LogP contribution in [-0.4, -0.2) is 6.54 Å². The van der Waals surface area contributed by atoms with Gasteiger partial charge in [-0.25, -0.2) is 0 Å². The lowest BCUT2D eigenvalue weighted by Gasteiger charge is -2.23. The summed E-state index contributed by atoms with van der Waals surface area (Å²) in [4.78, 5) is 0. The first-order chi connectivity index (χ1) is 15.3. The molecule has 0 aliphatic heterocycles. The van der Waals surface area contributed by atoms with Gasteiger partial charge in [0.25, 0.3) is 0 Å². The minimum Gasteiger partial charge on any atom is -0.385 e. The van der Waals surface area contributed by atoms with Crippen LogP contribution in [0, 0.1) is 11.5 Å². The van der Waals surface area contributed by atoms with Crippen molar-refractivity contribution in [3.63, 3.8) is 0 Å². The molecule has 1 fully saturated rings. The van der Waals surface area contributed by atoms with E-state index in [-0.39, 0.29) is 0 Å². The molecule has 0 radical (unpaired) electrons. The quantitative estimate of drug-likeness (QED) is 0.335. The van der Waals surface area contributed by atoms with Crippen molar-refractivity contribution in [1.82, 2.24) is 0 Å². The first-order valence-electron chi connectivity index (χ1n) is 11.5. The Morgan fingerprint density at radius 1 is 0.774 bits per heavy atom. The van der Waals surface area contributed by atoms with Crippen molar-refractivity contribution in [3.05, 3.63) is 71.8 Å². The summed E-state index contributed by atoms with van der Waals surface area (Å²) in [6.45, 7) is 7.06. The molecule has 2 bridgehead atoms. The van der Waals surface area contributed by atoms with Gasteiger partial charge in [0.1, 0.15) is 0 Å². The Morgan fingerprint density at radius 2 is 1.26 bits per heavy atom. The maximum atomic E-state index is 8.83. The number of nitriles is 1. The molecule has 0 saturated heterocycles. The minimum absolute atomic E-state index is 0.683. The highest BCUT2D eigenvalue weighted by atomic mass is 14.9. The zero-order chi connectivity index (χ0) is 21.8. The standard InChI is InChI=1S/C26H25N3.C2H6/c1-2-28-21-9-5-17(6-10-21)23-13-14-24(18-7-11-22(12-8-18)29-16-27)26-20-4-3-19(15-20)25(23)26;1-2/h5-14,19-20,28-29H,2-4,15H2,1H3;1-2H3. The highest BCUT2D eigenvalue weighted by Crippen LogP contribution is 2.58. The molecule has 31 heavy (non-hydrogen) atoms. The summed E-state index contributed by atoms with van der Waals surface area (Å²) in [6.07, 6.45) is 5.91. The Morgan fingerprint density at radius 3 is 1.71 bits per heavy atom. The number of nitrogens with one attached hydrogen (secondary N) is 2. The third-order valence-corrected chi connectivity index (χ3v) is 6.51. The summed E-state index contributed by atoms with van der Waals surface area (Å²) in [5.74, 6) is 1.38. The van der Waals surface area contributed by atoms with Crippen molar-refractivity contribution >= 4 is 11.4 Å². The number of hydrogen-bond acceptors (Lipinski definition) is 3. The van der Waals surface area contributed by atoms with Crippen molar-refractivity contribution in [2.45, 2.75) is 51.9 Å². The van der Waals surface area contributed by atoms with Crippen molar-refractivity contribution < 1.29 is 0 Å². The van der Waals surface area contributed by atoms with Gasteiger partial charge < -0.3 is 5.32 Å². The van der Waals surface area contributed by atoms with Crippen LogP contribution in [0.3, 0.4) is 0 Å². The van der Waals surface area contributed by atoms with Crippen molar-refractivity contribution in [2.75, 3.05) is 17.2 Å². The Bertz CT molecular complexity index is 1070. The second-order valence-electron chi connectivity index (χ2n) is 8.12. The van der Waals surface area contributed by atoms with Gasteiger partial charge in [-0.1, -0.05) is 50.2 Å². The number of anilines is 2. The van der Waals surface area contributed by atoms with Gasteiger partial charge in [0.05, 0.1) is 0 Å². The van der Waals surface area contributed by atoms with Crippen LogP contribution in [0.2, 0.25) is 0 Å². The van der Waals surface area contributed by atoms with Crippen LogP contribution in [0.25, 0.3) is 22.3 Å². The molecule has 0 spiro atoms. The fourth-order valence-corrected chi connectivity index (χ4v) is 5.29. The zero-order valence-electron chi connectivity index (χ0n) is 18.7. The lowest BCUT2D eigenvalue weighted by Crippen LogP contribution is -2.03. The molecular weight excluding hydrogens is 378 g/mol. The summed E-state index contributed by atoms with van der Waals surface area (Å²) in [7, 11) is 0. The monoisotopic (exact) mass is 409 g/mol. The van der Waals surface area contributed by atoms with E-state index in [9.17, 15) is 0 Å². The Hall–Kier alpha value is -3.25. The normalized spacial score (nSPS) is 17.9. The Labute approximate surface area is 186 Å². The lowest BCUT2D eigenvalue weighted by molar-refractivity contribution is 0.720. The van der Waals surface area contributed by atoms with E-state index in [1.807, 2.05) is 32.2 Å². The predicted molar refractivity (Wildman–Crippen MR) is 131 cm³/mol. The van der Waals surface area contributed by atoms with E-state index < -0.39 is 0 Å². The summed E-state index contributed by atoms with van der Waals surface area (Å²) in [5, 5.41) is 14.9. The maximum absolute atomic E-state index is 8.83. The van der Waals surface area contributed by atoms with Crippen LogP contribution in [-0.2, 0) is 0 Å². The zero-order valence-corrected chi connectivity index (χ0v) is 18.7. The number of rotatable bonds is 5. The summed E-state index contributed by atoms with van der Waals surface area (Å²) in [6, 6.07) is 21.7. The topological polar surface area (TPSA) is 47.8 Å². The van der Waals surface area contributed by atoms with Gasteiger partial charge in [-0.2, -0.15) is 5.26 Å². The molecule has 2 N–H and O–H groups in total. The van der Waals surface area contributed by atoms with Crippen molar-refractivity contribution in [1.29, 1.82) is 5.26 Å². The summed E-state index contributed by atoms with van der Waals surface area (Å²) >= 11 is 0. The van der Waals surface area contributed by atoms with Gasteiger partial charge >= 0.3 is 0 Å². The fourth-order valence-electron chi connectivity index (χ4n) is 5.29. The molecule has 0 heterocycles. The van der Waals surface area contributed by atoms with E-state index in [1.54, 1.807) is 11.1 Å². The molecule has 0 amide bonds. The van der Waals surface area contributed by atoms with Crippen LogP contribution in [0.1, 0.15) is 63.0 Å². The molecule has 2 aliphatic carbocycles. The van der Waals surface area contributed by atoms with Gasteiger partial charge in [0, 0.05) is 17.9 Å². The molecule has 3 nitrogen and oxygen atoms in total. The predicted octanol–water partition coefficient (Wildman–Crippen LogP) is 7.74. The van der Waals surface area contributed by atoms with Gasteiger partial charge in [-0.3, -0.25) is 5.32 Å². The van der Waals surface area contributed by atoms with Crippen LogP contribution in [0.4, 0.5) is 11.4 Å². The molecule has 2 atom stereocenters. The Kier molecular flexibility index (Phi) is 6.28. The smallest absolute Gasteiger partial charge is 0.181 e. The summed E-state index contributed by atoms with van der Waals surface area (Å²) in [5.41, 5.74) is 10.5. The van der Waals surface area contributed by atoms with Crippen molar-refractivity contribution in [2.24, 2.45) is 0 Å². The third-order valence-electron chi connectivity index (χ3n) is 6.51. The number of nitrogens with zero attached hydrogens (tertiary/aromatic N) is 1. The average molecular weight is 410 g/mol. The highest BCUT2D eigenvalue weighted by molar-refractivity contribution is 5.81. The Balaban J connectivity index is 0.00000112. The number of fused-ring (bicyclic) bond motifs is 5. The average Bonchev–Trinajstić information content (AvgIpc) is 3.45. The molecule has 5 rings (SSSR count). The first kappa shape index (κ1) is 21.0. The van der Waals surface area contributed by atoms with Crippen LogP contribution >= 0.6 is 0 Å². The lowest BCUT2D eigenvalue weighted by atomic mass is 9.81. The van der Waals surface area contributed by atoms with E-state index in [1.165, 1.54) is 47.2 Å². The van der Waals surface area contributed by atoms with Crippen LogP contribution in [0.15, 0.2) is 60.7 Å². The van der Waals surface area contributed by atoms with E-state index in [0.717, 1.165) is 12.2 Å². The first-order valence-corrected chi connectivity index (χ1v) is 11.5. The van der Waals surface area contributed by atoms with Crippen LogP contribution in [0.5, 0.6) is 0 Å². The highest BCUT2D eigenvalue weighted by Gasteiger charge is 2.40. The number of hydrogen-bond donors (Lipinski definition) is 2. The molecular formula is C28H31N3. The van der Waals surface area contributed by atoms with Gasteiger partial charge in [-0.15, -0.1) is 0 Å². The maximum Gasteiger partial charge on any atom is 0.181 e. The molecule has 158 valence electrons. The van der Waals surface area contributed by atoms with E-state index in [2.05, 4.69) is 66.1 Å². The van der Waals surface area contributed by atoms with Gasteiger partial charge in [-0.05, 0) is 95.7 Å². The molecule has 2 unspecified atom stereocenters. The summed E-state index contributed by atoms with van der Waals surface area (Å²) < 4.78 is 0. The van der Waals surface area contributed by atoms with Gasteiger partial charge in [0.15, 0.2) is 6.19 Å². The second kappa shape index (κ2) is 9.27. The molecule has 1 saturated carbocycles. The molecule has 3 aromatic carbocycles.